The monoisotopic (exact) mass is 259 g/mol. The maximum atomic E-state index is 7.39. The summed E-state index contributed by atoms with van der Waals surface area (Å²) in [5.74, 6) is 0.142. The van der Waals surface area contributed by atoms with Crippen LogP contribution in [0.4, 0.5) is 0 Å². The summed E-state index contributed by atoms with van der Waals surface area (Å²) in [5, 5.41) is 7.39. The van der Waals surface area contributed by atoms with E-state index in [2.05, 4.69) is 30.9 Å². The Morgan fingerprint density at radius 1 is 1.26 bits per heavy atom. The van der Waals surface area contributed by atoms with Gasteiger partial charge in [0.25, 0.3) is 0 Å². The van der Waals surface area contributed by atoms with Crippen LogP contribution in [0, 0.1) is 10.8 Å². The Kier molecular flexibility index (Phi) is 4.25. The van der Waals surface area contributed by atoms with Crippen LogP contribution in [0.25, 0.3) is 0 Å². The molecule has 3 nitrogen and oxygen atoms in total. The summed E-state index contributed by atoms with van der Waals surface area (Å²) in [6, 6.07) is 8.06. The van der Waals surface area contributed by atoms with Crippen molar-refractivity contribution in [3.8, 4) is 0 Å². The fourth-order valence-corrected chi connectivity index (χ4v) is 2.65. The number of nitrogens with zero attached hydrogens (tertiary/aromatic N) is 1. The molecule has 0 aliphatic carbocycles. The second-order valence-electron chi connectivity index (χ2n) is 6.05. The molecule has 0 saturated carbocycles. The maximum absolute atomic E-state index is 7.39. The Labute approximate surface area is 116 Å². The highest BCUT2D eigenvalue weighted by Gasteiger charge is 2.27. The number of nitrogens with two attached hydrogens (primary N) is 1. The minimum atomic E-state index is 0.142. The molecule has 0 aromatic heterocycles. The fourth-order valence-electron chi connectivity index (χ4n) is 2.65. The summed E-state index contributed by atoms with van der Waals surface area (Å²) < 4.78 is 0. The molecule has 0 atom stereocenters. The molecule has 1 aliphatic rings. The third kappa shape index (κ3) is 3.57. The van der Waals surface area contributed by atoms with Gasteiger partial charge in [-0.25, -0.2) is 0 Å². The molecule has 19 heavy (non-hydrogen) atoms. The predicted molar refractivity (Wildman–Crippen MR) is 80.4 cm³/mol. The lowest BCUT2D eigenvalue weighted by molar-refractivity contribution is 0.109. The van der Waals surface area contributed by atoms with E-state index in [1.807, 2.05) is 12.1 Å². The van der Waals surface area contributed by atoms with Crippen molar-refractivity contribution >= 4 is 5.84 Å². The molecule has 3 N–H and O–H groups in total. The van der Waals surface area contributed by atoms with Gasteiger partial charge in [0, 0.05) is 12.1 Å². The SMILES string of the molecule is CCC1(C)CCN(Cc2ccc(C(=N)N)cc2)CC1. The number of amidine groups is 1. The molecule has 1 saturated heterocycles. The quantitative estimate of drug-likeness (QED) is 0.645. The third-order valence-electron chi connectivity index (χ3n) is 4.59. The molecule has 0 bridgehead atoms. The highest BCUT2D eigenvalue weighted by Crippen LogP contribution is 2.34. The molecule has 0 radical (unpaired) electrons. The number of nitrogens with one attached hydrogen (secondary N) is 1. The van der Waals surface area contributed by atoms with Gasteiger partial charge in [0.2, 0.25) is 0 Å². The number of hydrogen-bond donors (Lipinski definition) is 2. The smallest absolute Gasteiger partial charge is 0.122 e. The number of likely N-dealkylation sites (tertiary alicyclic amines) is 1. The van der Waals surface area contributed by atoms with E-state index in [-0.39, 0.29) is 5.84 Å². The molecule has 1 fully saturated rings. The molecule has 0 unspecified atom stereocenters. The predicted octanol–water partition coefficient (Wildman–Crippen LogP) is 2.98. The van der Waals surface area contributed by atoms with Gasteiger partial charge in [-0.3, -0.25) is 10.3 Å². The van der Waals surface area contributed by atoms with Gasteiger partial charge in [-0.2, -0.15) is 0 Å². The van der Waals surface area contributed by atoms with Gasteiger partial charge < -0.3 is 5.73 Å². The summed E-state index contributed by atoms with van der Waals surface area (Å²) in [6.07, 6.45) is 3.89. The maximum Gasteiger partial charge on any atom is 0.122 e. The molecule has 104 valence electrons. The van der Waals surface area contributed by atoms with Gasteiger partial charge in [-0.1, -0.05) is 44.5 Å². The van der Waals surface area contributed by atoms with E-state index in [4.69, 9.17) is 11.1 Å². The molecule has 0 amide bonds. The van der Waals surface area contributed by atoms with E-state index in [1.165, 1.54) is 37.9 Å². The number of nitrogen functional groups attached to an aromatic ring is 1. The lowest BCUT2D eigenvalue weighted by Gasteiger charge is -2.39. The first-order chi connectivity index (χ1) is 9.02. The van der Waals surface area contributed by atoms with Crippen LogP contribution < -0.4 is 5.73 Å². The molecular formula is C16H25N3. The van der Waals surface area contributed by atoms with Gasteiger partial charge in [0.1, 0.15) is 5.84 Å². The zero-order valence-electron chi connectivity index (χ0n) is 12.1. The zero-order valence-corrected chi connectivity index (χ0v) is 12.1. The van der Waals surface area contributed by atoms with E-state index in [0.717, 1.165) is 12.1 Å². The third-order valence-corrected chi connectivity index (χ3v) is 4.59. The first-order valence-corrected chi connectivity index (χ1v) is 7.18. The molecule has 0 spiro atoms. The van der Waals surface area contributed by atoms with Crippen molar-refractivity contribution < 1.29 is 0 Å². The molecule has 3 heteroatoms. The number of hydrogen-bond acceptors (Lipinski definition) is 2. The van der Waals surface area contributed by atoms with Gasteiger partial charge >= 0.3 is 0 Å². The van der Waals surface area contributed by atoms with Crippen LogP contribution in [-0.2, 0) is 6.54 Å². The van der Waals surface area contributed by atoms with E-state index < -0.39 is 0 Å². The molecule has 2 rings (SSSR count). The van der Waals surface area contributed by atoms with Crippen LogP contribution in [0.15, 0.2) is 24.3 Å². The van der Waals surface area contributed by atoms with Gasteiger partial charge in [-0.15, -0.1) is 0 Å². The van der Waals surface area contributed by atoms with Crippen LogP contribution in [-0.4, -0.2) is 23.8 Å². The van der Waals surface area contributed by atoms with Crippen LogP contribution >= 0.6 is 0 Å². The number of piperidine rings is 1. The van der Waals surface area contributed by atoms with Gasteiger partial charge in [0.15, 0.2) is 0 Å². The van der Waals surface area contributed by atoms with Crippen LogP contribution in [0.1, 0.15) is 44.2 Å². The summed E-state index contributed by atoms with van der Waals surface area (Å²) in [7, 11) is 0. The van der Waals surface area contributed by atoms with E-state index in [0.29, 0.717) is 5.41 Å². The Bertz CT molecular complexity index is 428. The summed E-state index contributed by atoms with van der Waals surface area (Å²) in [4.78, 5) is 2.53. The van der Waals surface area contributed by atoms with E-state index >= 15 is 0 Å². The van der Waals surface area contributed by atoms with Crippen molar-refractivity contribution in [2.45, 2.75) is 39.7 Å². The Hall–Kier alpha value is -1.35. The highest BCUT2D eigenvalue weighted by atomic mass is 15.1. The van der Waals surface area contributed by atoms with Crippen LogP contribution in [0.5, 0.6) is 0 Å². The lowest BCUT2D eigenvalue weighted by atomic mass is 9.78. The zero-order chi connectivity index (χ0) is 13.9. The second kappa shape index (κ2) is 5.74. The van der Waals surface area contributed by atoms with Crippen LogP contribution in [0.2, 0.25) is 0 Å². The molecule has 1 aromatic rings. The number of rotatable bonds is 4. The second-order valence-corrected chi connectivity index (χ2v) is 6.05. The van der Waals surface area contributed by atoms with Crippen molar-refractivity contribution in [2.24, 2.45) is 11.1 Å². The standard InChI is InChI=1S/C16H25N3/c1-3-16(2)8-10-19(11-9-16)12-13-4-6-14(7-5-13)15(17)18/h4-7H,3,8-12H2,1-2H3,(H3,17,18). The fraction of sp³-hybridized carbons (Fsp3) is 0.562. The molecule has 1 aliphatic heterocycles. The first-order valence-electron chi connectivity index (χ1n) is 7.18. The number of benzene rings is 1. The minimum absolute atomic E-state index is 0.142. The Morgan fingerprint density at radius 3 is 2.32 bits per heavy atom. The van der Waals surface area contributed by atoms with Crippen molar-refractivity contribution in [3.05, 3.63) is 35.4 Å². The van der Waals surface area contributed by atoms with Crippen molar-refractivity contribution in [1.82, 2.24) is 4.90 Å². The van der Waals surface area contributed by atoms with E-state index in [1.54, 1.807) is 0 Å². The Morgan fingerprint density at radius 2 is 1.84 bits per heavy atom. The van der Waals surface area contributed by atoms with Crippen LogP contribution in [0.3, 0.4) is 0 Å². The van der Waals surface area contributed by atoms with E-state index in [9.17, 15) is 0 Å². The molecular weight excluding hydrogens is 234 g/mol. The molecule has 1 heterocycles. The average Bonchev–Trinajstić information content (AvgIpc) is 2.42. The van der Waals surface area contributed by atoms with Gasteiger partial charge in [-0.05, 0) is 36.9 Å². The summed E-state index contributed by atoms with van der Waals surface area (Å²) in [5.41, 5.74) is 8.13. The normalized spacial score (nSPS) is 19.3. The highest BCUT2D eigenvalue weighted by molar-refractivity contribution is 5.94. The van der Waals surface area contributed by atoms with Gasteiger partial charge in [0.05, 0.1) is 0 Å². The minimum Gasteiger partial charge on any atom is -0.384 e. The first kappa shape index (κ1) is 14.1. The molecule has 1 aromatic carbocycles. The topological polar surface area (TPSA) is 53.1 Å². The van der Waals surface area contributed by atoms with Crippen molar-refractivity contribution in [1.29, 1.82) is 5.41 Å². The average molecular weight is 259 g/mol. The summed E-state index contributed by atoms with van der Waals surface area (Å²) in [6.45, 7) is 8.11. The van der Waals surface area contributed by atoms with Crippen molar-refractivity contribution in [3.63, 3.8) is 0 Å². The lowest BCUT2D eigenvalue weighted by Crippen LogP contribution is -2.37. The van der Waals surface area contributed by atoms with Crippen molar-refractivity contribution in [2.75, 3.05) is 13.1 Å². The largest absolute Gasteiger partial charge is 0.384 e. The summed E-state index contributed by atoms with van der Waals surface area (Å²) >= 11 is 0. The Balaban J connectivity index is 1.90.